The maximum absolute atomic E-state index is 10.4. The van der Waals surface area contributed by atoms with Crippen LogP contribution in [0.3, 0.4) is 0 Å². The van der Waals surface area contributed by atoms with Gasteiger partial charge in [0.25, 0.3) is 0 Å². The van der Waals surface area contributed by atoms with Crippen molar-refractivity contribution in [3.8, 4) is 11.5 Å². The van der Waals surface area contributed by atoms with Crippen molar-refractivity contribution in [2.24, 2.45) is 0 Å². The van der Waals surface area contributed by atoms with E-state index in [1.54, 1.807) is 14.2 Å². The molecule has 0 spiro atoms. The smallest absolute Gasteiger partial charge is 0.128 e. The predicted octanol–water partition coefficient (Wildman–Crippen LogP) is 2.32. The van der Waals surface area contributed by atoms with E-state index in [4.69, 9.17) is 9.47 Å². The molecule has 2 aliphatic rings. The Balaban J connectivity index is 2.15. The Labute approximate surface area is 120 Å². The summed E-state index contributed by atoms with van der Waals surface area (Å²) in [7, 11) is 5.24. The third kappa shape index (κ3) is 1.90. The van der Waals surface area contributed by atoms with Crippen LogP contribution in [-0.4, -0.2) is 32.9 Å². The van der Waals surface area contributed by atoms with Crippen molar-refractivity contribution in [1.29, 1.82) is 0 Å². The van der Waals surface area contributed by atoms with Gasteiger partial charge >= 0.3 is 0 Å². The fourth-order valence-electron chi connectivity index (χ4n) is 3.97. The molecule has 3 unspecified atom stereocenters. The average Bonchev–Trinajstić information content (AvgIpc) is 3.07. The summed E-state index contributed by atoms with van der Waals surface area (Å²) in [4.78, 5) is 0. The molecule has 4 heteroatoms. The van der Waals surface area contributed by atoms with Gasteiger partial charge in [0.05, 0.1) is 20.3 Å². The zero-order chi connectivity index (χ0) is 14.3. The molecule has 0 radical (unpaired) electrons. The molecule has 1 saturated carbocycles. The highest BCUT2D eigenvalue weighted by atomic mass is 16.5. The molecule has 2 aliphatic carbocycles. The van der Waals surface area contributed by atoms with E-state index in [2.05, 4.69) is 5.32 Å². The van der Waals surface area contributed by atoms with Crippen molar-refractivity contribution in [3.05, 3.63) is 22.8 Å². The largest absolute Gasteiger partial charge is 0.496 e. The molecule has 2 bridgehead atoms. The number of benzene rings is 1. The van der Waals surface area contributed by atoms with Crippen LogP contribution >= 0.6 is 0 Å². The van der Waals surface area contributed by atoms with Crippen LogP contribution in [0.5, 0.6) is 11.5 Å². The molecule has 20 heavy (non-hydrogen) atoms. The fourth-order valence-corrected chi connectivity index (χ4v) is 3.97. The van der Waals surface area contributed by atoms with E-state index in [9.17, 15) is 5.11 Å². The van der Waals surface area contributed by atoms with E-state index >= 15 is 0 Å². The molecule has 0 aromatic heterocycles. The fraction of sp³-hybridized carbons (Fsp3) is 0.625. The van der Waals surface area contributed by atoms with Crippen LogP contribution in [0, 0.1) is 0 Å². The Morgan fingerprint density at radius 2 is 1.95 bits per heavy atom. The van der Waals surface area contributed by atoms with Crippen molar-refractivity contribution in [2.75, 3.05) is 27.8 Å². The average molecular weight is 277 g/mol. The molecular formula is C16H23NO3. The van der Waals surface area contributed by atoms with Gasteiger partial charge in [0.2, 0.25) is 0 Å². The minimum atomic E-state index is -0.576. The molecule has 0 aliphatic heterocycles. The molecule has 0 heterocycles. The van der Waals surface area contributed by atoms with Crippen LogP contribution in [0.1, 0.15) is 53.9 Å². The second kappa shape index (κ2) is 5.26. The van der Waals surface area contributed by atoms with E-state index < -0.39 is 6.10 Å². The van der Waals surface area contributed by atoms with Gasteiger partial charge in [-0.05, 0) is 44.2 Å². The van der Waals surface area contributed by atoms with Gasteiger partial charge < -0.3 is 19.9 Å². The summed E-state index contributed by atoms with van der Waals surface area (Å²) in [6.45, 7) is 0.506. The molecule has 1 fully saturated rings. The van der Waals surface area contributed by atoms with Gasteiger partial charge in [0.15, 0.2) is 0 Å². The number of ether oxygens (including phenoxy) is 2. The first-order chi connectivity index (χ1) is 9.71. The second-order valence-corrected chi connectivity index (χ2v) is 5.81. The summed E-state index contributed by atoms with van der Waals surface area (Å²) >= 11 is 0. The van der Waals surface area contributed by atoms with Crippen LogP contribution in [0.2, 0.25) is 0 Å². The zero-order valence-electron chi connectivity index (χ0n) is 12.4. The Morgan fingerprint density at radius 3 is 2.55 bits per heavy atom. The third-order valence-electron chi connectivity index (χ3n) is 4.78. The minimum absolute atomic E-state index is 0.506. The van der Waals surface area contributed by atoms with Gasteiger partial charge in [-0.25, -0.2) is 0 Å². The lowest BCUT2D eigenvalue weighted by atomic mass is 9.87. The summed E-state index contributed by atoms with van der Waals surface area (Å²) in [5, 5.41) is 13.4. The maximum atomic E-state index is 10.4. The number of nitrogens with one attached hydrogen (secondary N) is 1. The molecule has 1 aromatic rings. The third-order valence-corrected chi connectivity index (χ3v) is 4.78. The van der Waals surface area contributed by atoms with Crippen molar-refractivity contribution in [3.63, 3.8) is 0 Å². The van der Waals surface area contributed by atoms with Gasteiger partial charge in [-0.3, -0.25) is 0 Å². The molecule has 0 saturated heterocycles. The first-order valence-corrected chi connectivity index (χ1v) is 7.32. The Morgan fingerprint density at radius 1 is 1.25 bits per heavy atom. The Kier molecular flexibility index (Phi) is 3.61. The second-order valence-electron chi connectivity index (χ2n) is 5.81. The van der Waals surface area contributed by atoms with Crippen molar-refractivity contribution in [1.82, 2.24) is 5.32 Å². The summed E-state index contributed by atoms with van der Waals surface area (Å²) in [6.07, 6.45) is 3.10. The summed E-state index contributed by atoms with van der Waals surface area (Å²) in [5.74, 6) is 2.96. The number of likely N-dealkylation sites (N-methyl/N-ethyl adjacent to an activating group) is 1. The lowest BCUT2D eigenvalue weighted by Crippen LogP contribution is -2.18. The SMILES string of the molecule is CNCC(O)c1cc(OC)c2c(c1OC)C1CCC2C1. The number of aliphatic hydroxyl groups is 1. The van der Waals surface area contributed by atoms with Gasteiger partial charge in [-0.15, -0.1) is 0 Å². The molecule has 3 atom stereocenters. The van der Waals surface area contributed by atoms with Crippen LogP contribution in [-0.2, 0) is 0 Å². The summed E-state index contributed by atoms with van der Waals surface area (Å²) in [6, 6.07) is 1.96. The van der Waals surface area contributed by atoms with E-state index in [0.717, 1.165) is 17.1 Å². The van der Waals surface area contributed by atoms with Gasteiger partial charge in [-0.1, -0.05) is 0 Å². The van der Waals surface area contributed by atoms with Crippen molar-refractivity contribution in [2.45, 2.75) is 37.2 Å². The van der Waals surface area contributed by atoms with Crippen LogP contribution in [0.25, 0.3) is 0 Å². The quantitative estimate of drug-likeness (QED) is 0.867. The number of methoxy groups -OCH3 is 2. The lowest BCUT2D eigenvalue weighted by molar-refractivity contribution is 0.172. The van der Waals surface area contributed by atoms with E-state index in [1.807, 2.05) is 13.1 Å². The zero-order valence-corrected chi connectivity index (χ0v) is 12.4. The Bertz CT molecular complexity index is 515. The first-order valence-electron chi connectivity index (χ1n) is 7.32. The molecule has 0 amide bonds. The predicted molar refractivity (Wildman–Crippen MR) is 77.8 cm³/mol. The van der Waals surface area contributed by atoms with Gasteiger partial charge in [-0.2, -0.15) is 0 Å². The summed E-state index contributed by atoms with van der Waals surface area (Å²) in [5.41, 5.74) is 3.44. The van der Waals surface area contributed by atoms with Crippen LogP contribution < -0.4 is 14.8 Å². The van der Waals surface area contributed by atoms with Crippen LogP contribution in [0.4, 0.5) is 0 Å². The van der Waals surface area contributed by atoms with E-state index in [1.165, 1.54) is 30.4 Å². The molecule has 3 rings (SSSR count). The minimum Gasteiger partial charge on any atom is -0.496 e. The first kappa shape index (κ1) is 13.7. The summed E-state index contributed by atoms with van der Waals surface area (Å²) < 4.78 is 11.3. The number of hydrogen-bond acceptors (Lipinski definition) is 4. The van der Waals surface area contributed by atoms with Gasteiger partial charge in [0, 0.05) is 23.2 Å². The number of aliphatic hydroxyl groups excluding tert-OH is 1. The standard InChI is InChI=1S/C16H23NO3/c1-17-8-12(18)11-7-13(19-2)14-9-4-5-10(6-9)15(14)16(11)20-3/h7,9-10,12,17-18H,4-6,8H2,1-3H3. The molecular weight excluding hydrogens is 254 g/mol. The molecule has 4 nitrogen and oxygen atoms in total. The maximum Gasteiger partial charge on any atom is 0.128 e. The van der Waals surface area contributed by atoms with Crippen molar-refractivity contribution < 1.29 is 14.6 Å². The number of fused-ring (bicyclic) bond motifs is 5. The number of rotatable bonds is 5. The van der Waals surface area contributed by atoms with Crippen molar-refractivity contribution >= 4 is 0 Å². The molecule has 110 valence electrons. The monoisotopic (exact) mass is 277 g/mol. The molecule has 1 aromatic carbocycles. The lowest BCUT2D eigenvalue weighted by Gasteiger charge is -2.25. The Hall–Kier alpha value is -1.26. The van der Waals surface area contributed by atoms with E-state index in [0.29, 0.717) is 18.4 Å². The topological polar surface area (TPSA) is 50.7 Å². The van der Waals surface area contributed by atoms with Gasteiger partial charge in [0.1, 0.15) is 11.5 Å². The molecule has 2 N–H and O–H groups in total. The number of hydrogen-bond donors (Lipinski definition) is 2. The van der Waals surface area contributed by atoms with Crippen LogP contribution in [0.15, 0.2) is 6.07 Å². The highest BCUT2D eigenvalue weighted by Crippen LogP contribution is 2.59. The van der Waals surface area contributed by atoms with E-state index in [-0.39, 0.29) is 0 Å². The highest BCUT2D eigenvalue weighted by Gasteiger charge is 2.42. The highest BCUT2D eigenvalue weighted by molar-refractivity contribution is 5.61. The normalized spacial score (nSPS) is 24.6.